The zero-order chi connectivity index (χ0) is 14.5. The van der Waals surface area contributed by atoms with Gasteiger partial charge in [0.2, 0.25) is 0 Å². The van der Waals surface area contributed by atoms with E-state index in [9.17, 15) is 9.90 Å². The molecule has 0 aliphatic rings. The molecule has 0 fully saturated rings. The molecule has 2 aromatic carbocycles. The number of nitrogens with zero attached hydrogens (tertiary/aromatic N) is 1. The van der Waals surface area contributed by atoms with Crippen molar-refractivity contribution in [1.82, 2.24) is 5.43 Å². The van der Waals surface area contributed by atoms with Crippen molar-refractivity contribution < 1.29 is 9.90 Å². The van der Waals surface area contributed by atoms with Gasteiger partial charge in [0, 0.05) is 0 Å². The average molecular weight is 269 g/mol. The number of carbonyl (C=O) groups excluding carboxylic acids is 1. The van der Waals surface area contributed by atoms with Crippen LogP contribution in [0.5, 0.6) is 5.75 Å². The van der Waals surface area contributed by atoms with Crippen LogP contribution in [-0.2, 0) is 0 Å². The van der Waals surface area contributed by atoms with Crippen LogP contribution >= 0.6 is 0 Å². The number of phenols is 1. The summed E-state index contributed by atoms with van der Waals surface area (Å²) in [5, 5.41) is 13.7. The van der Waals surface area contributed by atoms with Gasteiger partial charge in [-0.15, -0.1) is 0 Å². The van der Waals surface area contributed by atoms with Crippen LogP contribution in [0.25, 0.3) is 0 Å². The number of benzene rings is 2. The number of hydrazone groups is 1. The predicted molar refractivity (Wildman–Crippen MR) is 78.6 cm³/mol. The number of nitrogen functional groups attached to an aromatic ring is 1. The first kappa shape index (κ1) is 13.6. The molecule has 0 bridgehead atoms. The quantitative estimate of drug-likeness (QED) is 0.345. The first-order valence-electron chi connectivity index (χ1n) is 6.07. The van der Waals surface area contributed by atoms with Crippen molar-refractivity contribution in [2.24, 2.45) is 5.10 Å². The van der Waals surface area contributed by atoms with Crippen LogP contribution in [0.1, 0.15) is 22.8 Å². The minimum atomic E-state index is -0.509. The number of carbonyl (C=O) groups is 1. The van der Waals surface area contributed by atoms with Crippen molar-refractivity contribution in [3.8, 4) is 5.75 Å². The Kier molecular flexibility index (Phi) is 4.00. The molecule has 5 heteroatoms. The Labute approximate surface area is 116 Å². The zero-order valence-corrected chi connectivity index (χ0v) is 11.0. The standard InChI is InChI=1S/C15H15N3O2/c1-10(11-6-3-2-4-7-11)17-18-15(20)12-8-5-9-13(16)14(12)19/h2-9,19H,16H2,1H3,(H,18,20)/b17-10+. The first-order valence-corrected chi connectivity index (χ1v) is 6.07. The number of amides is 1. The number of rotatable bonds is 3. The van der Waals surface area contributed by atoms with E-state index in [2.05, 4.69) is 10.5 Å². The third-order valence-corrected chi connectivity index (χ3v) is 2.83. The maximum atomic E-state index is 11.9. The van der Waals surface area contributed by atoms with E-state index in [-0.39, 0.29) is 17.0 Å². The molecule has 2 aromatic rings. The summed E-state index contributed by atoms with van der Waals surface area (Å²) in [4.78, 5) is 11.9. The van der Waals surface area contributed by atoms with Gasteiger partial charge in [-0.1, -0.05) is 36.4 Å². The van der Waals surface area contributed by atoms with E-state index in [4.69, 9.17) is 5.73 Å². The first-order chi connectivity index (χ1) is 9.59. The van der Waals surface area contributed by atoms with Crippen molar-refractivity contribution in [2.45, 2.75) is 6.92 Å². The second kappa shape index (κ2) is 5.88. The van der Waals surface area contributed by atoms with Crippen LogP contribution < -0.4 is 11.2 Å². The minimum absolute atomic E-state index is 0.0922. The molecular weight excluding hydrogens is 254 g/mol. The highest BCUT2D eigenvalue weighted by Gasteiger charge is 2.12. The van der Waals surface area contributed by atoms with Crippen LogP contribution in [0.15, 0.2) is 53.6 Å². The van der Waals surface area contributed by atoms with Crippen LogP contribution in [0.2, 0.25) is 0 Å². The summed E-state index contributed by atoms with van der Waals surface area (Å²) in [6.07, 6.45) is 0. The fourth-order valence-corrected chi connectivity index (χ4v) is 1.68. The van der Waals surface area contributed by atoms with Crippen LogP contribution in [0.3, 0.4) is 0 Å². The van der Waals surface area contributed by atoms with Gasteiger partial charge in [0.15, 0.2) is 5.75 Å². The Morgan fingerprint density at radius 3 is 2.55 bits per heavy atom. The van der Waals surface area contributed by atoms with Crippen molar-refractivity contribution in [1.29, 1.82) is 0 Å². The van der Waals surface area contributed by atoms with Crippen molar-refractivity contribution in [3.05, 3.63) is 59.7 Å². The summed E-state index contributed by atoms with van der Waals surface area (Å²) in [7, 11) is 0. The summed E-state index contributed by atoms with van der Waals surface area (Å²) in [6.45, 7) is 1.79. The topological polar surface area (TPSA) is 87.7 Å². The van der Waals surface area contributed by atoms with Gasteiger partial charge < -0.3 is 10.8 Å². The number of hydrogen-bond acceptors (Lipinski definition) is 4. The Bertz CT molecular complexity index is 651. The monoisotopic (exact) mass is 269 g/mol. The van der Waals surface area contributed by atoms with E-state index >= 15 is 0 Å². The predicted octanol–water partition coefficient (Wildman–Crippen LogP) is 2.13. The third kappa shape index (κ3) is 2.95. The van der Waals surface area contributed by atoms with E-state index < -0.39 is 5.91 Å². The number of anilines is 1. The van der Waals surface area contributed by atoms with Crippen LogP contribution in [0, 0.1) is 0 Å². The Balaban J connectivity index is 2.15. The fraction of sp³-hybridized carbons (Fsp3) is 0.0667. The highest BCUT2D eigenvalue weighted by atomic mass is 16.3. The largest absolute Gasteiger partial charge is 0.505 e. The van der Waals surface area contributed by atoms with Crippen LogP contribution in [0.4, 0.5) is 5.69 Å². The molecule has 0 aromatic heterocycles. The summed E-state index contributed by atoms with van der Waals surface area (Å²) in [5.41, 5.74) is 9.76. The van der Waals surface area contributed by atoms with Crippen molar-refractivity contribution in [2.75, 3.05) is 5.73 Å². The van der Waals surface area contributed by atoms with Crippen molar-refractivity contribution >= 4 is 17.3 Å². The van der Waals surface area contributed by atoms with Gasteiger partial charge in [-0.25, -0.2) is 5.43 Å². The van der Waals surface area contributed by atoms with E-state index in [1.54, 1.807) is 13.0 Å². The molecule has 0 aliphatic heterocycles. The molecule has 0 radical (unpaired) electrons. The fourth-order valence-electron chi connectivity index (χ4n) is 1.68. The lowest BCUT2D eigenvalue weighted by Crippen LogP contribution is -2.19. The lowest BCUT2D eigenvalue weighted by Gasteiger charge is -2.06. The van der Waals surface area contributed by atoms with Gasteiger partial charge in [0.05, 0.1) is 17.0 Å². The van der Waals surface area contributed by atoms with Gasteiger partial charge in [-0.2, -0.15) is 5.10 Å². The Morgan fingerprint density at radius 1 is 1.15 bits per heavy atom. The number of nitrogens with two attached hydrogens (primary N) is 1. The zero-order valence-electron chi connectivity index (χ0n) is 11.0. The number of phenolic OH excluding ortho intramolecular Hbond substituents is 1. The summed E-state index contributed by atoms with van der Waals surface area (Å²) < 4.78 is 0. The lowest BCUT2D eigenvalue weighted by molar-refractivity contribution is 0.0952. The molecular formula is C15H15N3O2. The molecule has 0 atom stereocenters. The molecule has 0 spiro atoms. The lowest BCUT2D eigenvalue weighted by atomic mass is 10.1. The van der Waals surface area contributed by atoms with Gasteiger partial charge in [-0.05, 0) is 24.6 Å². The highest BCUT2D eigenvalue weighted by molar-refractivity contribution is 6.02. The Hall–Kier alpha value is -2.82. The second-order valence-electron chi connectivity index (χ2n) is 4.25. The third-order valence-electron chi connectivity index (χ3n) is 2.83. The van der Waals surface area contributed by atoms with E-state index in [0.29, 0.717) is 5.71 Å². The number of nitrogens with one attached hydrogen (secondary N) is 1. The molecule has 5 nitrogen and oxygen atoms in total. The minimum Gasteiger partial charge on any atom is -0.505 e. The SMILES string of the molecule is C/C(=N\NC(=O)c1cccc(N)c1O)c1ccccc1. The molecule has 0 unspecified atom stereocenters. The average Bonchev–Trinajstić information content (AvgIpc) is 2.48. The molecule has 0 saturated carbocycles. The number of aromatic hydroxyl groups is 1. The molecule has 0 aliphatic carbocycles. The summed E-state index contributed by atoms with van der Waals surface area (Å²) in [6, 6.07) is 14.1. The normalized spacial score (nSPS) is 11.2. The Morgan fingerprint density at radius 2 is 1.85 bits per heavy atom. The van der Waals surface area contributed by atoms with Gasteiger partial charge in [-0.3, -0.25) is 4.79 Å². The maximum absolute atomic E-state index is 11.9. The molecule has 2 rings (SSSR count). The van der Waals surface area contributed by atoms with E-state index in [1.807, 2.05) is 30.3 Å². The highest BCUT2D eigenvalue weighted by Crippen LogP contribution is 2.24. The molecule has 4 N–H and O–H groups in total. The molecule has 102 valence electrons. The van der Waals surface area contributed by atoms with Gasteiger partial charge in [0.25, 0.3) is 5.91 Å². The smallest absolute Gasteiger partial charge is 0.275 e. The molecule has 0 heterocycles. The van der Waals surface area contributed by atoms with Gasteiger partial charge in [0.1, 0.15) is 0 Å². The molecule has 1 amide bonds. The van der Waals surface area contributed by atoms with E-state index in [0.717, 1.165) is 5.56 Å². The summed E-state index contributed by atoms with van der Waals surface area (Å²) >= 11 is 0. The molecule has 20 heavy (non-hydrogen) atoms. The van der Waals surface area contributed by atoms with Crippen molar-refractivity contribution in [3.63, 3.8) is 0 Å². The number of hydrogen-bond donors (Lipinski definition) is 3. The number of para-hydroxylation sites is 1. The van der Waals surface area contributed by atoms with Crippen LogP contribution in [-0.4, -0.2) is 16.7 Å². The summed E-state index contributed by atoms with van der Waals surface area (Å²) in [5.74, 6) is -0.748. The molecule has 0 saturated heterocycles. The maximum Gasteiger partial charge on any atom is 0.275 e. The van der Waals surface area contributed by atoms with E-state index in [1.165, 1.54) is 12.1 Å². The van der Waals surface area contributed by atoms with Gasteiger partial charge >= 0.3 is 0 Å². The second-order valence-corrected chi connectivity index (χ2v) is 4.25.